The molecule has 1 heterocycles. The number of phenols is 1. The Morgan fingerprint density at radius 2 is 1.64 bits per heavy atom. The summed E-state index contributed by atoms with van der Waals surface area (Å²) in [5.41, 5.74) is 7.60. The number of para-hydroxylation sites is 1. The Bertz CT molecular complexity index is 768. The van der Waals surface area contributed by atoms with Gasteiger partial charge in [0.1, 0.15) is 11.6 Å². The van der Waals surface area contributed by atoms with Crippen molar-refractivity contribution < 1.29 is 9.84 Å². The molecule has 134 valence electrons. The summed E-state index contributed by atoms with van der Waals surface area (Å²) in [7, 11) is 0. The van der Waals surface area contributed by atoms with Gasteiger partial charge in [0.2, 0.25) is 0 Å². The number of benzene rings is 2. The van der Waals surface area contributed by atoms with Crippen molar-refractivity contribution in [3.05, 3.63) is 60.3 Å². The van der Waals surface area contributed by atoms with E-state index in [9.17, 15) is 5.11 Å². The van der Waals surface area contributed by atoms with E-state index in [4.69, 9.17) is 10.5 Å². The molecule has 1 aromatic heterocycles. The zero-order chi connectivity index (χ0) is 18.8. The first-order chi connectivity index (χ1) is 12.1. The Labute approximate surface area is 149 Å². The maximum Gasteiger partial charge on any atom is 0.171 e. The Kier molecular flexibility index (Phi) is 8.06. The van der Waals surface area contributed by atoms with E-state index in [0.717, 1.165) is 11.3 Å². The van der Waals surface area contributed by atoms with Gasteiger partial charge in [0.15, 0.2) is 11.5 Å². The van der Waals surface area contributed by atoms with Gasteiger partial charge in [0, 0.05) is 11.6 Å². The van der Waals surface area contributed by atoms with Crippen LogP contribution in [0.3, 0.4) is 0 Å². The summed E-state index contributed by atoms with van der Waals surface area (Å²) in [6, 6.07) is 14.3. The molecule has 0 aliphatic rings. The average molecular weight is 341 g/mol. The molecule has 0 aliphatic carbocycles. The van der Waals surface area contributed by atoms with Gasteiger partial charge in [-0.3, -0.25) is 0 Å². The van der Waals surface area contributed by atoms with E-state index in [2.05, 4.69) is 5.10 Å². The summed E-state index contributed by atoms with van der Waals surface area (Å²) in [6.45, 7) is 9.89. The molecule has 0 atom stereocenters. The molecule has 0 spiro atoms. The highest BCUT2D eigenvalue weighted by atomic mass is 16.5. The minimum absolute atomic E-state index is 0.0602. The predicted molar refractivity (Wildman–Crippen MR) is 104 cm³/mol. The van der Waals surface area contributed by atoms with Gasteiger partial charge in [-0.2, -0.15) is 5.10 Å². The van der Waals surface area contributed by atoms with Gasteiger partial charge in [-0.05, 0) is 31.2 Å². The highest BCUT2D eigenvalue weighted by molar-refractivity contribution is 5.53. The van der Waals surface area contributed by atoms with Crippen molar-refractivity contribution >= 4 is 5.82 Å². The van der Waals surface area contributed by atoms with Crippen LogP contribution in [0.4, 0.5) is 5.82 Å². The molecule has 0 amide bonds. The van der Waals surface area contributed by atoms with Gasteiger partial charge in [-0.15, -0.1) is 0 Å². The Hall–Kier alpha value is -2.95. The third-order valence-corrected chi connectivity index (χ3v) is 3.16. The number of aromatic nitrogens is 2. The smallest absolute Gasteiger partial charge is 0.171 e. The molecule has 0 unspecified atom stereocenters. The number of rotatable bonds is 3. The second kappa shape index (κ2) is 10.0. The number of ether oxygens (including phenoxy) is 1. The quantitative estimate of drug-likeness (QED) is 0.677. The molecule has 5 nitrogen and oxygen atoms in total. The van der Waals surface area contributed by atoms with E-state index >= 15 is 0 Å². The number of hydrogen-bond acceptors (Lipinski definition) is 4. The second-order valence-electron chi connectivity index (χ2n) is 4.69. The van der Waals surface area contributed by atoms with E-state index in [1.807, 2.05) is 65.0 Å². The lowest BCUT2D eigenvalue weighted by Crippen LogP contribution is -2.02. The molecule has 3 rings (SSSR count). The van der Waals surface area contributed by atoms with Crippen LogP contribution in [0.5, 0.6) is 17.2 Å². The topological polar surface area (TPSA) is 73.3 Å². The number of nitrogens with two attached hydrogens (primary N) is 1. The SMILES string of the molecule is CC.CC.Cc1cnn(-c2ccc(O)c(Oc3ccccc3)c2)c1N. The summed E-state index contributed by atoms with van der Waals surface area (Å²) in [6.07, 6.45) is 1.69. The van der Waals surface area contributed by atoms with E-state index in [1.54, 1.807) is 29.1 Å². The second-order valence-corrected chi connectivity index (χ2v) is 4.69. The van der Waals surface area contributed by atoms with Crippen LogP contribution in [-0.2, 0) is 0 Å². The lowest BCUT2D eigenvalue weighted by atomic mass is 10.2. The van der Waals surface area contributed by atoms with E-state index in [-0.39, 0.29) is 5.75 Å². The van der Waals surface area contributed by atoms with Gasteiger partial charge in [0.05, 0.1) is 11.9 Å². The maximum atomic E-state index is 9.93. The summed E-state index contributed by atoms with van der Waals surface area (Å²) in [5.74, 6) is 1.62. The number of phenolic OH excluding ortho intramolecular Hbond substituents is 1. The van der Waals surface area contributed by atoms with Crippen LogP contribution < -0.4 is 10.5 Å². The van der Waals surface area contributed by atoms with Crippen molar-refractivity contribution in [2.75, 3.05) is 5.73 Å². The lowest BCUT2D eigenvalue weighted by molar-refractivity contribution is 0.411. The summed E-state index contributed by atoms with van der Waals surface area (Å²) < 4.78 is 7.29. The predicted octanol–water partition coefficient (Wildman–Crippen LogP) is 5.31. The van der Waals surface area contributed by atoms with Crippen molar-refractivity contribution in [1.82, 2.24) is 9.78 Å². The minimum Gasteiger partial charge on any atom is -0.504 e. The summed E-state index contributed by atoms with van der Waals surface area (Å²) >= 11 is 0. The normalized spacial score (nSPS) is 9.32. The molecule has 25 heavy (non-hydrogen) atoms. The monoisotopic (exact) mass is 341 g/mol. The number of nitrogens with zero attached hydrogens (tertiary/aromatic N) is 2. The van der Waals surface area contributed by atoms with Crippen LogP contribution in [0, 0.1) is 6.92 Å². The highest BCUT2D eigenvalue weighted by Gasteiger charge is 2.10. The Morgan fingerprint density at radius 3 is 2.20 bits per heavy atom. The largest absolute Gasteiger partial charge is 0.504 e. The van der Waals surface area contributed by atoms with Gasteiger partial charge < -0.3 is 15.6 Å². The van der Waals surface area contributed by atoms with Crippen LogP contribution in [0.15, 0.2) is 54.7 Å². The first-order valence-corrected chi connectivity index (χ1v) is 8.51. The first kappa shape index (κ1) is 20.1. The van der Waals surface area contributed by atoms with Gasteiger partial charge >= 0.3 is 0 Å². The van der Waals surface area contributed by atoms with Crippen molar-refractivity contribution in [3.8, 4) is 22.9 Å². The Balaban J connectivity index is 0.000000730. The zero-order valence-corrected chi connectivity index (χ0v) is 15.5. The number of aromatic hydroxyl groups is 1. The molecular formula is C20H27N3O2. The molecule has 0 saturated heterocycles. The van der Waals surface area contributed by atoms with E-state index in [0.29, 0.717) is 17.3 Å². The average Bonchev–Trinajstić information content (AvgIpc) is 3.00. The third-order valence-electron chi connectivity index (χ3n) is 3.16. The highest BCUT2D eigenvalue weighted by Crippen LogP contribution is 2.33. The van der Waals surface area contributed by atoms with Crippen LogP contribution in [-0.4, -0.2) is 14.9 Å². The number of anilines is 1. The molecule has 3 N–H and O–H groups in total. The fourth-order valence-corrected chi connectivity index (χ4v) is 1.98. The van der Waals surface area contributed by atoms with E-state index < -0.39 is 0 Å². The van der Waals surface area contributed by atoms with Crippen LogP contribution in [0.25, 0.3) is 5.69 Å². The fraction of sp³-hybridized carbons (Fsp3) is 0.250. The van der Waals surface area contributed by atoms with Crippen LogP contribution >= 0.6 is 0 Å². The van der Waals surface area contributed by atoms with Crippen molar-refractivity contribution in [2.45, 2.75) is 34.6 Å². The third kappa shape index (κ3) is 5.01. The van der Waals surface area contributed by atoms with Crippen LogP contribution in [0.1, 0.15) is 33.3 Å². The maximum absolute atomic E-state index is 9.93. The van der Waals surface area contributed by atoms with E-state index in [1.165, 1.54) is 0 Å². The van der Waals surface area contributed by atoms with Crippen LogP contribution in [0.2, 0.25) is 0 Å². The summed E-state index contributed by atoms with van der Waals surface area (Å²) in [4.78, 5) is 0. The number of aryl methyl sites for hydroxylation is 1. The molecule has 5 heteroatoms. The van der Waals surface area contributed by atoms with Gasteiger partial charge in [-0.1, -0.05) is 45.9 Å². The zero-order valence-electron chi connectivity index (χ0n) is 15.5. The fourth-order valence-electron chi connectivity index (χ4n) is 1.98. The molecule has 0 radical (unpaired) electrons. The van der Waals surface area contributed by atoms with Crippen molar-refractivity contribution in [2.24, 2.45) is 0 Å². The molecular weight excluding hydrogens is 314 g/mol. The van der Waals surface area contributed by atoms with Gasteiger partial charge in [0.25, 0.3) is 0 Å². The van der Waals surface area contributed by atoms with Crippen molar-refractivity contribution in [3.63, 3.8) is 0 Å². The van der Waals surface area contributed by atoms with Gasteiger partial charge in [-0.25, -0.2) is 4.68 Å². The molecule has 3 aromatic rings. The molecule has 0 bridgehead atoms. The molecule has 0 aliphatic heterocycles. The standard InChI is InChI=1S/C16H15N3O2.2C2H6/c1-11-10-18-19(16(11)17)12-7-8-14(20)15(9-12)21-13-5-3-2-4-6-13;2*1-2/h2-10,20H,17H2,1H3;2*1-2H3. The first-order valence-electron chi connectivity index (χ1n) is 8.51. The molecule has 2 aromatic carbocycles. The lowest BCUT2D eigenvalue weighted by Gasteiger charge is -2.10. The minimum atomic E-state index is 0.0602. The molecule has 0 saturated carbocycles. The summed E-state index contributed by atoms with van der Waals surface area (Å²) in [5, 5.41) is 14.1. The number of nitrogen functional groups attached to an aromatic ring is 1. The molecule has 0 fully saturated rings. The Morgan fingerprint density at radius 1 is 1.00 bits per heavy atom. The van der Waals surface area contributed by atoms with Crippen molar-refractivity contribution in [1.29, 1.82) is 0 Å². The number of hydrogen-bond donors (Lipinski definition) is 2.